The van der Waals surface area contributed by atoms with Crippen LogP contribution in [0.3, 0.4) is 0 Å². The van der Waals surface area contributed by atoms with E-state index in [0.29, 0.717) is 5.56 Å². The predicted molar refractivity (Wildman–Crippen MR) is 69.5 cm³/mol. The van der Waals surface area contributed by atoms with E-state index in [0.717, 1.165) is 12.1 Å². The second-order valence-corrected chi connectivity index (χ2v) is 4.42. The molecule has 2 aromatic rings. The molecule has 2 aromatic carbocycles. The van der Waals surface area contributed by atoms with Crippen LogP contribution in [0.4, 0.5) is 13.2 Å². The van der Waals surface area contributed by atoms with Crippen molar-refractivity contribution < 1.29 is 28.1 Å². The molecule has 0 bridgehead atoms. The van der Waals surface area contributed by atoms with Gasteiger partial charge in [0.15, 0.2) is 0 Å². The largest absolute Gasteiger partial charge is 0.573 e. The third-order valence-electron chi connectivity index (χ3n) is 2.87. The van der Waals surface area contributed by atoms with Gasteiger partial charge >= 0.3 is 6.36 Å². The van der Waals surface area contributed by atoms with Crippen LogP contribution in [0, 0.1) is 0 Å². The summed E-state index contributed by atoms with van der Waals surface area (Å²) in [5, 5.41) is 20.1. The SMILES string of the molecule is OC(c1ccccc1)C(O)c1cccc(OC(F)(F)F)c1. The summed E-state index contributed by atoms with van der Waals surface area (Å²) < 4.78 is 40.3. The van der Waals surface area contributed by atoms with Crippen LogP contribution >= 0.6 is 0 Å². The van der Waals surface area contributed by atoms with E-state index in [-0.39, 0.29) is 5.56 Å². The fraction of sp³-hybridized carbons (Fsp3) is 0.200. The molecule has 112 valence electrons. The molecule has 3 nitrogen and oxygen atoms in total. The monoisotopic (exact) mass is 298 g/mol. The van der Waals surface area contributed by atoms with E-state index >= 15 is 0 Å². The topological polar surface area (TPSA) is 49.7 Å². The van der Waals surface area contributed by atoms with Gasteiger partial charge in [-0.1, -0.05) is 42.5 Å². The van der Waals surface area contributed by atoms with Gasteiger partial charge in [0.2, 0.25) is 0 Å². The Balaban J connectivity index is 2.19. The van der Waals surface area contributed by atoms with Crippen LogP contribution in [0.2, 0.25) is 0 Å². The third kappa shape index (κ3) is 4.21. The number of alkyl halides is 3. The predicted octanol–water partition coefficient (Wildman–Crippen LogP) is 3.35. The molecule has 2 unspecified atom stereocenters. The summed E-state index contributed by atoms with van der Waals surface area (Å²) in [7, 11) is 0. The van der Waals surface area contributed by atoms with E-state index in [2.05, 4.69) is 4.74 Å². The number of aliphatic hydroxyl groups excluding tert-OH is 2. The minimum absolute atomic E-state index is 0.133. The average Bonchev–Trinajstić information content (AvgIpc) is 2.45. The first kappa shape index (κ1) is 15.3. The summed E-state index contributed by atoms with van der Waals surface area (Å²) in [6.45, 7) is 0. The quantitative estimate of drug-likeness (QED) is 0.910. The van der Waals surface area contributed by atoms with Gasteiger partial charge in [-0.25, -0.2) is 0 Å². The zero-order chi connectivity index (χ0) is 15.5. The first-order valence-corrected chi connectivity index (χ1v) is 6.13. The maximum absolute atomic E-state index is 12.2. The Bertz CT molecular complexity index is 584. The van der Waals surface area contributed by atoms with Crippen molar-refractivity contribution in [1.29, 1.82) is 0 Å². The molecule has 0 aliphatic carbocycles. The van der Waals surface area contributed by atoms with Gasteiger partial charge in [-0.3, -0.25) is 0 Å². The number of halogens is 3. The van der Waals surface area contributed by atoms with Gasteiger partial charge in [-0.15, -0.1) is 13.2 Å². The molecule has 0 heterocycles. The van der Waals surface area contributed by atoms with Crippen LogP contribution in [0.1, 0.15) is 23.3 Å². The molecule has 0 amide bonds. The van der Waals surface area contributed by atoms with Crippen molar-refractivity contribution >= 4 is 0 Å². The number of hydrogen-bond donors (Lipinski definition) is 2. The van der Waals surface area contributed by atoms with Crippen LogP contribution in [0.15, 0.2) is 54.6 Å². The maximum atomic E-state index is 12.2. The Morgan fingerprint density at radius 3 is 2.00 bits per heavy atom. The Morgan fingerprint density at radius 2 is 1.38 bits per heavy atom. The van der Waals surface area contributed by atoms with Gasteiger partial charge in [0.1, 0.15) is 18.0 Å². The Morgan fingerprint density at radius 1 is 0.810 bits per heavy atom. The van der Waals surface area contributed by atoms with E-state index in [1.807, 2.05) is 0 Å². The lowest BCUT2D eigenvalue weighted by atomic mass is 9.98. The van der Waals surface area contributed by atoms with Gasteiger partial charge in [-0.2, -0.15) is 0 Å². The lowest BCUT2D eigenvalue weighted by molar-refractivity contribution is -0.274. The average molecular weight is 298 g/mol. The van der Waals surface area contributed by atoms with E-state index in [1.165, 1.54) is 12.1 Å². The van der Waals surface area contributed by atoms with Gasteiger partial charge in [0, 0.05) is 0 Å². The molecule has 2 rings (SSSR count). The molecule has 2 atom stereocenters. The molecule has 0 spiro atoms. The van der Waals surface area contributed by atoms with Crippen LogP contribution < -0.4 is 4.74 Å². The number of rotatable bonds is 4. The zero-order valence-corrected chi connectivity index (χ0v) is 10.8. The van der Waals surface area contributed by atoms with Gasteiger partial charge in [0.05, 0.1) is 0 Å². The van der Waals surface area contributed by atoms with Crippen LogP contribution in [0.25, 0.3) is 0 Å². The number of aliphatic hydroxyl groups is 2. The molecule has 21 heavy (non-hydrogen) atoms. The highest BCUT2D eigenvalue weighted by Gasteiger charge is 2.31. The van der Waals surface area contributed by atoms with Crippen molar-refractivity contribution in [3.05, 3.63) is 65.7 Å². The highest BCUT2D eigenvalue weighted by molar-refractivity contribution is 5.32. The molecule has 0 saturated heterocycles. The summed E-state index contributed by atoms with van der Waals surface area (Å²) in [6, 6.07) is 13.3. The van der Waals surface area contributed by atoms with Crippen molar-refractivity contribution in [1.82, 2.24) is 0 Å². The fourth-order valence-corrected chi connectivity index (χ4v) is 1.91. The summed E-state index contributed by atoms with van der Waals surface area (Å²) >= 11 is 0. The molecule has 6 heteroatoms. The third-order valence-corrected chi connectivity index (χ3v) is 2.87. The molecule has 0 aliphatic rings. The lowest BCUT2D eigenvalue weighted by Crippen LogP contribution is -2.17. The molecule has 0 fully saturated rings. The maximum Gasteiger partial charge on any atom is 0.573 e. The molecule has 0 aliphatic heterocycles. The Hall–Kier alpha value is -2.05. The second kappa shape index (κ2) is 6.15. The van der Waals surface area contributed by atoms with E-state index in [9.17, 15) is 23.4 Å². The fourth-order valence-electron chi connectivity index (χ4n) is 1.91. The number of ether oxygens (including phenoxy) is 1. The molecular weight excluding hydrogens is 285 g/mol. The minimum atomic E-state index is -4.80. The summed E-state index contributed by atoms with van der Waals surface area (Å²) in [6.07, 6.45) is -7.40. The number of hydrogen-bond acceptors (Lipinski definition) is 3. The summed E-state index contributed by atoms with van der Waals surface area (Å²) in [5.41, 5.74) is 0.597. The van der Waals surface area contributed by atoms with E-state index in [1.54, 1.807) is 30.3 Å². The molecular formula is C15H13F3O3. The second-order valence-electron chi connectivity index (χ2n) is 4.42. The van der Waals surface area contributed by atoms with Gasteiger partial charge in [0.25, 0.3) is 0 Å². The zero-order valence-electron chi connectivity index (χ0n) is 10.8. The van der Waals surface area contributed by atoms with Crippen LogP contribution in [-0.2, 0) is 0 Å². The van der Waals surface area contributed by atoms with Crippen LogP contribution in [0.5, 0.6) is 5.75 Å². The first-order chi connectivity index (χ1) is 9.87. The van der Waals surface area contributed by atoms with Crippen molar-refractivity contribution in [2.45, 2.75) is 18.6 Å². The Kier molecular flexibility index (Phi) is 4.50. The summed E-state index contributed by atoms with van der Waals surface area (Å²) in [4.78, 5) is 0. The van der Waals surface area contributed by atoms with Crippen molar-refractivity contribution in [3.63, 3.8) is 0 Å². The normalized spacial score (nSPS) is 14.5. The highest BCUT2D eigenvalue weighted by Crippen LogP contribution is 2.31. The van der Waals surface area contributed by atoms with Crippen molar-refractivity contribution in [3.8, 4) is 5.75 Å². The van der Waals surface area contributed by atoms with Crippen molar-refractivity contribution in [2.75, 3.05) is 0 Å². The summed E-state index contributed by atoms with van der Waals surface area (Å²) in [5.74, 6) is -0.445. The molecule has 0 aromatic heterocycles. The van der Waals surface area contributed by atoms with E-state index < -0.39 is 24.3 Å². The van der Waals surface area contributed by atoms with Crippen LogP contribution in [-0.4, -0.2) is 16.6 Å². The van der Waals surface area contributed by atoms with E-state index in [4.69, 9.17) is 0 Å². The molecule has 0 saturated carbocycles. The standard InChI is InChI=1S/C15H13F3O3/c16-15(17,18)21-12-8-4-7-11(9-12)14(20)13(19)10-5-2-1-3-6-10/h1-9,13-14,19-20H. The first-order valence-electron chi connectivity index (χ1n) is 6.13. The molecule has 2 N–H and O–H groups in total. The Labute approximate surface area is 119 Å². The number of benzene rings is 2. The lowest BCUT2D eigenvalue weighted by Gasteiger charge is -2.19. The van der Waals surface area contributed by atoms with Crippen molar-refractivity contribution in [2.24, 2.45) is 0 Å². The minimum Gasteiger partial charge on any atom is -0.406 e. The highest BCUT2D eigenvalue weighted by atomic mass is 19.4. The smallest absolute Gasteiger partial charge is 0.406 e. The van der Waals surface area contributed by atoms with Gasteiger partial charge < -0.3 is 14.9 Å². The van der Waals surface area contributed by atoms with Gasteiger partial charge in [-0.05, 0) is 23.3 Å². The molecule has 0 radical (unpaired) electrons.